The van der Waals surface area contributed by atoms with Gasteiger partial charge in [-0.15, -0.1) is 0 Å². The van der Waals surface area contributed by atoms with Gasteiger partial charge >= 0.3 is 6.03 Å². The Balaban J connectivity index is 1.39. The zero-order chi connectivity index (χ0) is 19.9. The molecule has 28 heavy (non-hydrogen) atoms. The summed E-state index contributed by atoms with van der Waals surface area (Å²) in [6, 6.07) is 12.7. The predicted molar refractivity (Wildman–Crippen MR) is 102 cm³/mol. The van der Waals surface area contributed by atoms with E-state index in [1.807, 2.05) is 0 Å². The monoisotopic (exact) mass is 381 g/mol. The Kier molecular flexibility index (Phi) is 4.37. The Morgan fingerprint density at radius 1 is 1.11 bits per heavy atom. The Bertz CT molecular complexity index is 938. The van der Waals surface area contributed by atoms with Crippen LogP contribution in [-0.2, 0) is 9.59 Å². The van der Waals surface area contributed by atoms with E-state index in [1.165, 1.54) is 12.1 Å². The van der Waals surface area contributed by atoms with Crippen molar-refractivity contribution in [2.24, 2.45) is 5.92 Å². The summed E-state index contributed by atoms with van der Waals surface area (Å²) in [6.07, 6.45) is 1.81. The lowest BCUT2D eigenvalue weighted by Gasteiger charge is -2.20. The minimum atomic E-state index is -0.895. The van der Waals surface area contributed by atoms with Crippen LogP contribution in [0.5, 0.6) is 0 Å². The number of amides is 4. The van der Waals surface area contributed by atoms with Crippen LogP contribution in [0.25, 0.3) is 11.1 Å². The molecule has 1 atom stereocenters. The minimum absolute atomic E-state index is 0.149. The largest absolute Gasteiger partial charge is 0.325 e. The molecular weight excluding hydrogens is 361 g/mol. The fourth-order valence-corrected chi connectivity index (χ4v) is 3.53. The van der Waals surface area contributed by atoms with Crippen LogP contribution in [0.2, 0.25) is 0 Å². The lowest BCUT2D eigenvalue weighted by atomic mass is 9.96. The van der Waals surface area contributed by atoms with Crippen LogP contribution in [-0.4, -0.2) is 34.8 Å². The van der Waals surface area contributed by atoms with E-state index in [4.69, 9.17) is 0 Å². The molecule has 1 aliphatic heterocycles. The van der Waals surface area contributed by atoms with Crippen molar-refractivity contribution in [3.05, 3.63) is 54.3 Å². The van der Waals surface area contributed by atoms with Crippen molar-refractivity contribution >= 4 is 23.5 Å². The van der Waals surface area contributed by atoms with Gasteiger partial charge < -0.3 is 10.6 Å². The Morgan fingerprint density at radius 3 is 2.25 bits per heavy atom. The second kappa shape index (κ2) is 6.74. The summed E-state index contributed by atoms with van der Waals surface area (Å²) >= 11 is 0. The highest BCUT2D eigenvalue weighted by Gasteiger charge is 2.56. The number of hydrogen-bond acceptors (Lipinski definition) is 3. The highest BCUT2D eigenvalue weighted by molar-refractivity contribution is 6.10. The van der Waals surface area contributed by atoms with Crippen molar-refractivity contribution in [2.75, 3.05) is 11.9 Å². The van der Waals surface area contributed by atoms with Crippen molar-refractivity contribution in [3.8, 4) is 11.1 Å². The number of nitrogens with one attached hydrogen (secondary N) is 2. The maximum Gasteiger partial charge on any atom is 0.325 e. The van der Waals surface area contributed by atoms with Crippen LogP contribution in [0.15, 0.2) is 48.5 Å². The zero-order valence-electron chi connectivity index (χ0n) is 15.4. The van der Waals surface area contributed by atoms with E-state index in [0.717, 1.165) is 28.9 Å². The van der Waals surface area contributed by atoms with E-state index in [9.17, 15) is 18.8 Å². The molecule has 144 valence electrons. The smallest absolute Gasteiger partial charge is 0.325 e. The van der Waals surface area contributed by atoms with Crippen LogP contribution in [0, 0.1) is 11.7 Å². The fourth-order valence-electron chi connectivity index (χ4n) is 3.53. The quantitative estimate of drug-likeness (QED) is 0.781. The first-order valence-corrected chi connectivity index (χ1v) is 9.17. The van der Waals surface area contributed by atoms with Gasteiger partial charge in [0, 0.05) is 5.69 Å². The third kappa shape index (κ3) is 3.35. The first-order valence-electron chi connectivity index (χ1n) is 9.17. The molecule has 1 saturated heterocycles. The third-order valence-electron chi connectivity index (χ3n) is 5.34. The summed E-state index contributed by atoms with van der Waals surface area (Å²) in [7, 11) is 0. The van der Waals surface area contributed by atoms with Gasteiger partial charge in [-0.25, -0.2) is 9.18 Å². The summed E-state index contributed by atoms with van der Waals surface area (Å²) in [4.78, 5) is 38.0. The SMILES string of the molecule is C[C@]1(C2CC2)NC(=O)N(CC(=O)Nc2ccc(-c3ccc(F)cc3)cc2)C1=O. The van der Waals surface area contributed by atoms with Gasteiger partial charge in [-0.1, -0.05) is 24.3 Å². The number of imide groups is 1. The molecule has 7 heteroatoms. The van der Waals surface area contributed by atoms with Gasteiger partial charge in [-0.05, 0) is 61.1 Å². The van der Waals surface area contributed by atoms with Crippen LogP contribution >= 0.6 is 0 Å². The number of hydrogen-bond donors (Lipinski definition) is 2. The maximum absolute atomic E-state index is 13.0. The summed E-state index contributed by atoms with van der Waals surface area (Å²) in [6.45, 7) is 1.39. The van der Waals surface area contributed by atoms with Crippen LogP contribution < -0.4 is 10.6 Å². The molecule has 6 nitrogen and oxygen atoms in total. The average Bonchev–Trinajstić information content (AvgIpc) is 3.49. The molecule has 0 spiro atoms. The molecule has 1 saturated carbocycles. The summed E-state index contributed by atoms with van der Waals surface area (Å²) in [5.74, 6) is -0.943. The highest BCUT2D eigenvalue weighted by atomic mass is 19.1. The number of nitrogens with zero attached hydrogens (tertiary/aromatic N) is 1. The second-order valence-corrected chi connectivity index (χ2v) is 7.43. The zero-order valence-corrected chi connectivity index (χ0v) is 15.4. The van der Waals surface area contributed by atoms with Crippen LogP contribution in [0.4, 0.5) is 14.9 Å². The fraction of sp³-hybridized carbons (Fsp3) is 0.286. The summed E-state index contributed by atoms with van der Waals surface area (Å²) < 4.78 is 13.0. The Hall–Kier alpha value is -3.22. The first-order chi connectivity index (χ1) is 13.4. The van der Waals surface area contributed by atoms with Crippen molar-refractivity contribution in [1.82, 2.24) is 10.2 Å². The van der Waals surface area contributed by atoms with Crippen molar-refractivity contribution < 1.29 is 18.8 Å². The molecule has 0 bridgehead atoms. The maximum atomic E-state index is 13.0. The van der Waals surface area contributed by atoms with Gasteiger partial charge in [0.25, 0.3) is 5.91 Å². The molecule has 0 radical (unpaired) electrons. The van der Waals surface area contributed by atoms with Crippen molar-refractivity contribution in [2.45, 2.75) is 25.3 Å². The third-order valence-corrected chi connectivity index (χ3v) is 5.34. The van der Waals surface area contributed by atoms with Crippen LogP contribution in [0.1, 0.15) is 19.8 Å². The molecule has 0 unspecified atom stereocenters. The minimum Gasteiger partial charge on any atom is -0.325 e. The number of anilines is 1. The van der Waals surface area contributed by atoms with E-state index in [2.05, 4.69) is 10.6 Å². The predicted octanol–water partition coefficient (Wildman–Crippen LogP) is 3.15. The van der Waals surface area contributed by atoms with Gasteiger partial charge in [-0.3, -0.25) is 14.5 Å². The molecule has 2 fully saturated rings. The summed E-state index contributed by atoms with van der Waals surface area (Å²) in [5, 5.41) is 5.42. The molecule has 1 heterocycles. The van der Waals surface area contributed by atoms with E-state index in [1.54, 1.807) is 43.3 Å². The highest BCUT2D eigenvalue weighted by Crippen LogP contribution is 2.42. The molecule has 0 aromatic heterocycles. The lowest BCUT2D eigenvalue weighted by Crippen LogP contribution is -2.46. The van der Waals surface area contributed by atoms with Gasteiger partial charge in [0.2, 0.25) is 5.91 Å². The molecule has 1 aliphatic carbocycles. The number of carbonyl (C=O) groups excluding carboxylic acids is 3. The number of carbonyl (C=O) groups is 3. The van der Waals surface area contributed by atoms with Crippen LogP contribution in [0.3, 0.4) is 0 Å². The molecule has 2 N–H and O–H groups in total. The van der Waals surface area contributed by atoms with Gasteiger partial charge in [0.15, 0.2) is 0 Å². The van der Waals surface area contributed by atoms with Crippen molar-refractivity contribution in [1.29, 1.82) is 0 Å². The number of benzene rings is 2. The molecule has 2 aromatic carbocycles. The van der Waals surface area contributed by atoms with E-state index in [0.29, 0.717) is 5.69 Å². The molecule has 4 amide bonds. The Morgan fingerprint density at radius 2 is 1.68 bits per heavy atom. The Labute approximate surface area is 161 Å². The van der Waals surface area contributed by atoms with Gasteiger partial charge in [0.1, 0.15) is 17.9 Å². The molecule has 2 aromatic rings. The van der Waals surface area contributed by atoms with E-state index in [-0.39, 0.29) is 24.2 Å². The first kappa shape index (κ1) is 18.2. The van der Waals surface area contributed by atoms with E-state index < -0.39 is 17.5 Å². The number of halogens is 1. The van der Waals surface area contributed by atoms with E-state index >= 15 is 0 Å². The number of urea groups is 1. The topological polar surface area (TPSA) is 78.5 Å². The molecular formula is C21H20FN3O3. The van der Waals surface area contributed by atoms with Gasteiger partial charge in [0.05, 0.1) is 0 Å². The molecule has 2 aliphatic rings. The number of rotatable bonds is 5. The standard InChI is InChI=1S/C21H20FN3O3/c1-21(15-6-7-15)19(27)25(20(28)24-21)12-18(26)23-17-10-4-14(5-11-17)13-2-8-16(22)9-3-13/h2-5,8-11,15H,6-7,12H2,1H3,(H,23,26)(H,24,28)/t21-/m1/s1. The lowest BCUT2D eigenvalue weighted by molar-refractivity contribution is -0.134. The molecule has 4 rings (SSSR count). The average molecular weight is 381 g/mol. The summed E-state index contributed by atoms with van der Waals surface area (Å²) in [5.41, 5.74) is 1.40. The van der Waals surface area contributed by atoms with Crippen molar-refractivity contribution in [3.63, 3.8) is 0 Å². The normalized spacial score (nSPS) is 21.6. The van der Waals surface area contributed by atoms with Gasteiger partial charge in [-0.2, -0.15) is 0 Å². The second-order valence-electron chi connectivity index (χ2n) is 7.43.